The van der Waals surface area contributed by atoms with E-state index in [1.54, 1.807) is 11.0 Å². The molecule has 9 nitrogen and oxygen atoms in total. The number of H-pyrrole nitrogens is 1. The van der Waals surface area contributed by atoms with E-state index in [2.05, 4.69) is 20.9 Å². The summed E-state index contributed by atoms with van der Waals surface area (Å²) in [5.74, 6) is -0.199. The molecule has 0 saturated carbocycles. The molecule has 0 bridgehead atoms. The number of benzene rings is 2. The molecular formula is C19H17BrN4O5S. The van der Waals surface area contributed by atoms with Gasteiger partial charge in [-0.05, 0) is 24.3 Å². The molecule has 0 unspecified atom stereocenters. The summed E-state index contributed by atoms with van der Waals surface area (Å²) in [5.41, 5.74) is 0.994. The molecule has 30 heavy (non-hydrogen) atoms. The molecule has 1 aromatic heterocycles. The molecule has 0 spiro atoms. The molecule has 0 radical (unpaired) electrons. The molecule has 1 amide bonds. The minimum atomic E-state index is -3.88. The van der Waals surface area contributed by atoms with Gasteiger partial charge in [0.15, 0.2) is 0 Å². The standard InChI is InChI=1S/C19H17BrN4O5S/c20-14-5-4-13-10-18(21-17(13)11-14)19(25)22-6-8-23(9-7-22)30(28,29)16-3-1-2-15(12-16)24(26)27/h1-5,10-12,21H,6-9H2. The van der Waals surface area contributed by atoms with Crippen molar-refractivity contribution in [3.05, 3.63) is 68.8 Å². The normalized spacial score (nSPS) is 15.4. The Morgan fingerprint density at radius 2 is 1.80 bits per heavy atom. The SMILES string of the molecule is O=C(c1cc2ccc(Br)cc2[nH]1)N1CCN(S(=O)(=O)c2cccc([N+](=O)[O-])c2)CC1. The van der Waals surface area contributed by atoms with Crippen molar-refractivity contribution in [2.75, 3.05) is 26.2 Å². The molecule has 156 valence electrons. The lowest BCUT2D eigenvalue weighted by atomic mass is 10.2. The summed E-state index contributed by atoms with van der Waals surface area (Å²) in [6, 6.07) is 12.4. The van der Waals surface area contributed by atoms with Gasteiger partial charge in [-0.2, -0.15) is 4.31 Å². The largest absolute Gasteiger partial charge is 0.350 e. The molecule has 0 aliphatic carbocycles. The van der Waals surface area contributed by atoms with E-state index in [1.165, 1.54) is 22.5 Å². The fourth-order valence-corrected chi connectivity index (χ4v) is 5.25. The van der Waals surface area contributed by atoms with Gasteiger partial charge in [0, 0.05) is 53.7 Å². The molecule has 1 aliphatic rings. The fraction of sp³-hybridized carbons (Fsp3) is 0.211. The Hall–Kier alpha value is -2.76. The summed E-state index contributed by atoms with van der Waals surface area (Å²) in [6.45, 7) is 0.684. The van der Waals surface area contributed by atoms with Crippen LogP contribution in [0.15, 0.2) is 57.9 Å². The number of nitro groups is 1. The Morgan fingerprint density at radius 3 is 2.50 bits per heavy atom. The minimum Gasteiger partial charge on any atom is -0.350 e. The van der Waals surface area contributed by atoms with Crippen LogP contribution in [0.5, 0.6) is 0 Å². The molecular weight excluding hydrogens is 476 g/mol. The van der Waals surface area contributed by atoms with Crippen molar-refractivity contribution in [2.24, 2.45) is 0 Å². The summed E-state index contributed by atoms with van der Waals surface area (Å²) in [6.07, 6.45) is 0. The van der Waals surface area contributed by atoms with E-state index in [9.17, 15) is 23.3 Å². The van der Waals surface area contributed by atoms with Crippen LogP contribution in [0.2, 0.25) is 0 Å². The summed E-state index contributed by atoms with van der Waals surface area (Å²) in [5, 5.41) is 11.9. The zero-order valence-electron chi connectivity index (χ0n) is 15.6. The van der Waals surface area contributed by atoms with Gasteiger partial charge in [-0.25, -0.2) is 8.42 Å². The van der Waals surface area contributed by atoms with Crippen molar-refractivity contribution in [1.29, 1.82) is 0 Å². The van der Waals surface area contributed by atoms with Crippen LogP contribution in [-0.4, -0.2) is 59.6 Å². The number of aromatic amines is 1. The second-order valence-electron chi connectivity index (χ2n) is 6.87. The minimum absolute atomic E-state index is 0.114. The first-order valence-electron chi connectivity index (χ1n) is 9.08. The van der Waals surface area contributed by atoms with Crippen molar-refractivity contribution in [3.8, 4) is 0 Å². The monoisotopic (exact) mass is 492 g/mol. The Bertz CT molecular complexity index is 1250. The number of nitrogens with one attached hydrogen (secondary N) is 1. The average molecular weight is 493 g/mol. The van der Waals surface area contributed by atoms with E-state index in [0.29, 0.717) is 5.69 Å². The van der Waals surface area contributed by atoms with Crippen molar-refractivity contribution in [2.45, 2.75) is 4.90 Å². The van der Waals surface area contributed by atoms with E-state index in [-0.39, 0.29) is 42.7 Å². The molecule has 1 aliphatic heterocycles. The fourth-order valence-electron chi connectivity index (χ4n) is 3.42. The van der Waals surface area contributed by atoms with Crippen molar-refractivity contribution in [3.63, 3.8) is 0 Å². The Morgan fingerprint density at radius 1 is 1.07 bits per heavy atom. The van der Waals surface area contributed by atoms with Crippen LogP contribution in [0.4, 0.5) is 5.69 Å². The number of halogens is 1. The molecule has 1 fully saturated rings. The van der Waals surface area contributed by atoms with Gasteiger partial charge in [0.1, 0.15) is 5.69 Å². The molecule has 11 heteroatoms. The van der Waals surface area contributed by atoms with Crippen LogP contribution < -0.4 is 0 Å². The van der Waals surface area contributed by atoms with Crippen LogP contribution in [0, 0.1) is 10.1 Å². The number of carbonyl (C=O) groups excluding carboxylic acids is 1. The summed E-state index contributed by atoms with van der Waals surface area (Å²) in [4.78, 5) is 27.7. The smallest absolute Gasteiger partial charge is 0.270 e. The molecule has 1 N–H and O–H groups in total. The summed E-state index contributed by atoms with van der Waals surface area (Å²) < 4.78 is 27.8. The summed E-state index contributed by atoms with van der Waals surface area (Å²) >= 11 is 3.40. The van der Waals surface area contributed by atoms with Gasteiger partial charge in [-0.1, -0.05) is 28.1 Å². The van der Waals surface area contributed by atoms with Crippen LogP contribution in [0.1, 0.15) is 10.5 Å². The van der Waals surface area contributed by atoms with Gasteiger partial charge in [-0.15, -0.1) is 0 Å². The van der Waals surface area contributed by atoms with Gasteiger partial charge >= 0.3 is 0 Å². The van der Waals surface area contributed by atoms with Gasteiger partial charge in [0.2, 0.25) is 10.0 Å². The maximum absolute atomic E-state index is 12.8. The van der Waals surface area contributed by atoms with Crippen molar-refractivity contribution >= 4 is 48.5 Å². The molecule has 3 aromatic rings. The highest BCUT2D eigenvalue weighted by Gasteiger charge is 2.31. The number of nitrogens with zero attached hydrogens (tertiary/aromatic N) is 3. The number of rotatable bonds is 4. The van der Waals surface area contributed by atoms with Gasteiger partial charge in [-0.3, -0.25) is 14.9 Å². The molecule has 2 aromatic carbocycles. The number of sulfonamides is 1. The maximum atomic E-state index is 12.8. The number of hydrogen-bond donors (Lipinski definition) is 1. The van der Waals surface area contributed by atoms with E-state index in [4.69, 9.17) is 0 Å². The van der Waals surface area contributed by atoms with Gasteiger partial charge in [0.25, 0.3) is 11.6 Å². The number of amides is 1. The first kappa shape index (κ1) is 20.5. The summed E-state index contributed by atoms with van der Waals surface area (Å²) in [7, 11) is -3.88. The lowest BCUT2D eigenvalue weighted by Crippen LogP contribution is -2.50. The predicted octanol–water partition coefficient (Wildman–Crippen LogP) is 2.99. The lowest BCUT2D eigenvalue weighted by Gasteiger charge is -2.33. The van der Waals surface area contributed by atoms with Crippen molar-refractivity contribution in [1.82, 2.24) is 14.2 Å². The number of piperazine rings is 1. The average Bonchev–Trinajstić information content (AvgIpc) is 3.16. The first-order chi connectivity index (χ1) is 14.3. The van der Waals surface area contributed by atoms with Crippen LogP contribution in [0.25, 0.3) is 10.9 Å². The number of fused-ring (bicyclic) bond motifs is 1. The van der Waals surface area contributed by atoms with E-state index < -0.39 is 14.9 Å². The molecule has 4 rings (SSSR count). The molecule has 1 saturated heterocycles. The number of aromatic nitrogens is 1. The zero-order valence-corrected chi connectivity index (χ0v) is 18.0. The Labute approximate surface area is 180 Å². The lowest BCUT2D eigenvalue weighted by molar-refractivity contribution is -0.385. The highest BCUT2D eigenvalue weighted by Crippen LogP contribution is 2.24. The van der Waals surface area contributed by atoms with Gasteiger partial charge in [0.05, 0.1) is 9.82 Å². The highest BCUT2D eigenvalue weighted by atomic mass is 79.9. The van der Waals surface area contributed by atoms with Crippen molar-refractivity contribution < 1.29 is 18.1 Å². The molecule has 2 heterocycles. The first-order valence-corrected chi connectivity index (χ1v) is 11.3. The van der Waals surface area contributed by atoms with E-state index in [0.717, 1.165) is 21.4 Å². The Kier molecular flexibility index (Phi) is 5.35. The quantitative estimate of drug-likeness (QED) is 0.443. The number of non-ortho nitro benzene ring substituents is 1. The second kappa shape index (κ2) is 7.82. The van der Waals surface area contributed by atoms with Gasteiger partial charge < -0.3 is 9.88 Å². The van der Waals surface area contributed by atoms with E-state index >= 15 is 0 Å². The third-order valence-electron chi connectivity index (χ3n) is 5.01. The van der Waals surface area contributed by atoms with Crippen LogP contribution >= 0.6 is 15.9 Å². The topological polar surface area (TPSA) is 117 Å². The zero-order chi connectivity index (χ0) is 21.5. The van der Waals surface area contributed by atoms with E-state index in [1.807, 2.05) is 18.2 Å². The number of nitro benzene ring substituents is 1. The second-order valence-corrected chi connectivity index (χ2v) is 9.72. The maximum Gasteiger partial charge on any atom is 0.270 e. The Balaban J connectivity index is 1.48. The molecule has 0 atom stereocenters. The third kappa shape index (κ3) is 3.83. The number of carbonyl (C=O) groups is 1. The van der Waals surface area contributed by atoms with Crippen LogP contribution in [-0.2, 0) is 10.0 Å². The number of hydrogen-bond acceptors (Lipinski definition) is 5. The predicted molar refractivity (Wildman–Crippen MR) is 114 cm³/mol. The van der Waals surface area contributed by atoms with Crippen LogP contribution in [0.3, 0.4) is 0 Å². The third-order valence-corrected chi connectivity index (χ3v) is 7.39. The highest BCUT2D eigenvalue weighted by molar-refractivity contribution is 9.10.